The Labute approximate surface area is 174 Å². The Balaban J connectivity index is 1.42. The van der Waals surface area contributed by atoms with Crippen LogP contribution in [0.3, 0.4) is 0 Å². The van der Waals surface area contributed by atoms with Gasteiger partial charge in [-0.2, -0.15) is 0 Å². The molecule has 0 bridgehead atoms. The average Bonchev–Trinajstić information content (AvgIpc) is 3.30. The van der Waals surface area contributed by atoms with Crippen LogP contribution in [0, 0.1) is 5.92 Å². The lowest BCUT2D eigenvalue weighted by molar-refractivity contribution is -0.131. The van der Waals surface area contributed by atoms with E-state index in [1.54, 1.807) is 17.2 Å². The number of nitrogens with one attached hydrogen (secondary N) is 2. The molecule has 3 amide bonds. The molecule has 3 aromatic rings. The lowest BCUT2D eigenvalue weighted by Crippen LogP contribution is -2.67. The highest BCUT2D eigenvalue weighted by molar-refractivity contribution is 5.99. The summed E-state index contributed by atoms with van der Waals surface area (Å²) in [6, 6.07) is 21.9. The highest BCUT2D eigenvalue weighted by Gasteiger charge is 2.47. The summed E-state index contributed by atoms with van der Waals surface area (Å²) in [4.78, 5) is 27.0. The number of carbonyl (C=O) groups excluding carboxylic acids is 2. The number of amides is 3. The summed E-state index contributed by atoms with van der Waals surface area (Å²) >= 11 is 0. The molecule has 2 fully saturated rings. The van der Waals surface area contributed by atoms with E-state index in [2.05, 4.69) is 47.0 Å². The number of urea groups is 1. The summed E-state index contributed by atoms with van der Waals surface area (Å²) in [5.41, 5.74) is 3.43. The first-order valence-electron chi connectivity index (χ1n) is 10.2. The first-order chi connectivity index (χ1) is 14.7. The summed E-state index contributed by atoms with van der Waals surface area (Å²) < 4.78 is 5.42. The van der Waals surface area contributed by atoms with Crippen LogP contribution in [-0.2, 0) is 11.3 Å². The van der Waals surface area contributed by atoms with Gasteiger partial charge in [-0.15, -0.1) is 0 Å². The Bertz CT molecular complexity index is 1030. The normalized spacial score (nSPS) is 23.7. The molecule has 2 aromatic carbocycles. The lowest BCUT2D eigenvalue weighted by atomic mass is 9.77. The van der Waals surface area contributed by atoms with Crippen molar-refractivity contribution >= 4 is 11.9 Å². The van der Waals surface area contributed by atoms with Crippen molar-refractivity contribution in [2.75, 3.05) is 6.54 Å². The summed E-state index contributed by atoms with van der Waals surface area (Å²) in [5, 5.41) is 5.93. The fraction of sp³-hybridized carbons (Fsp3) is 0.250. The van der Waals surface area contributed by atoms with E-state index in [4.69, 9.17) is 4.42 Å². The molecule has 0 spiro atoms. The topological polar surface area (TPSA) is 74.6 Å². The van der Waals surface area contributed by atoms with Crippen LogP contribution in [0.5, 0.6) is 0 Å². The summed E-state index contributed by atoms with van der Waals surface area (Å²) in [7, 11) is 0. The van der Waals surface area contributed by atoms with Crippen molar-refractivity contribution in [3.63, 3.8) is 0 Å². The molecule has 152 valence electrons. The number of hydrogen-bond donors (Lipinski definition) is 2. The Hall–Kier alpha value is -3.38. The maximum absolute atomic E-state index is 12.8. The van der Waals surface area contributed by atoms with Gasteiger partial charge in [0.15, 0.2) is 0 Å². The molecule has 6 heteroatoms. The third-order valence-corrected chi connectivity index (χ3v) is 6.06. The standard InChI is InChI=1S/C24H23N3O3/c28-23-21-20(18-10-8-17(9-11-18)16-5-2-1-3-6-16)12-13-25-22(21)27(24(29)26-23)15-19-7-4-14-30-19/h1-11,14,20-22,25H,12-13,15H2,(H,26,28,29). The van der Waals surface area contributed by atoms with Crippen molar-refractivity contribution in [3.8, 4) is 11.1 Å². The van der Waals surface area contributed by atoms with Crippen LogP contribution in [0.4, 0.5) is 4.79 Å². The second-order valence-electron chi connectivity index (χ2n) is 7.81. The molecule has 0 radical (unpaired) electrons. The second kappa shape index (κ2) is 7.80. The summed E-state index contributed by atoms with van der Waals surface area (Å²) in [5.74, 6) is 0.154. The number of fused-ring (bicyclic) bond motifs is 1. The molecule has 0 saturated carbocycles. The van der Waals surface area contributed by atoms with E-state index >= 15 is 0 Å². The van der Waals surface area contributed by atoms with Crippen molar-refractivity contribution in [2.24, 2.45) is 5.92 Å². The van der Waals surface area contributed by atoms with Gasteiger partial charge in [-0.25, -0.2) is 4.79 Å². The number of nitrogens with zero attached hydrogens (tertiary/aromatic N) is 1. The minimum absolute atomic E-state index is 0.0354. The molecule has 3 atom stereocenters. The minimum Gasteiger partial charge on any atom is -0.467 e. The summed E-state index contributed by atoms with van der Waals surface area (Å²) in [6.45, 7) is 1.06. The van der Waals surface area contributed by atoms with Crippen molar-refractivity contribution < 1.29 is 14.0 Å². The van der Waals surface area contributed by atoms with Crippen molar-refractivity contribution in [2.45, 2.75) is 25.0 Å². The van der Waals surface area contributed by atoms with Gasteiger partial charge in [-0.1, -0.05) is 54.6 Å². The van der Waals surface area contributed by atoms with Gasteiger partial charge < -0.3 is 9.32 Å². The summed E-state index contributed by atoms with van der Waals surface area (Å²) in [6.07, 6.45) is 2.07. The molecule has 3 unspecified atom stereocenters. The first kappa shape index (κ1) is 18.6. The van der Waals surface area contributed by atoms with E-state index in [0.717, 1.165) is 29.7 Å². The zero-order valence-electron chi connectivity index (χ0n) is 16.5. The van der Waals surface area contributed by atoms with Crippen LogP contribution in [0.15, 0.2) is 77.4 Å². The molecule has 2 saturated heterocycles. The highest BCUT2D eigenvalue weighted by atomic mass is 16.3. The zero-order valence-corrected chi connectivity index (χ0v) is 16.5. The van der Waals surface area contributed by atoms with E-state index in [1.807, 2.05) is 24.3 Å². The molecular weight excluding hydrogens is 378 g/mol. The number of piperidine rings is 1. The number of hydrogen-bond acceptors (Lipinski definition) is 4. The van der Waals surface area contributed by atoms with Gasteiger partial charge in [0.25, 0.3) is 0 Å². The van der Waals surface area contributed by atoms with E-state index in [9.17, 15) is 9.59 Å². The fourth-order valence-electron chi connectivity index (χ4n) is 4.60. The van der Waals surface area contributed by atoms with E-state index in [1.165, 1.54) is 0 Å². The fourth-order valence-corrected chi connectivity index (χ4v) is 4.60. The van der Waals surface area contributed by atoms with Crippen molar-refractivity contribution in [3.05, 3.63) is 84.3 Å². The molecule has 2 aliphatic rings. The molecule has 5 rings (SSSR count). The highest BCUT2D eigenvalue weighted by Crippen LogP contribution is 2.37. The van der Waals surface area contributed by atoms with Crippen LogP contribution in [0.2, 0.25) is 0 Å². The molecule has 0 aliphatic carbocycles. The van der Waals surface area contributed by atoms with Crippen LogP contribution in [0.1, 0.15) is 23.7 Å². The van der Waals surface area contributed by atoms with Gasteiger partial charge in [0.2, 0.25) is 5.91 Å². The van der Waals surface area contributed by atoms with Gasteiger partial charge >= 0.3 is 6.03 Å². The van der Waals surface area contributed by atoms with Crippen LogP contribution < -0.4 is 10.6 Å². The predicted octanol–water partition coefficient (Wildman–Crippen LogP) is 3.72. The Morgan fingerprint density at radius 1 is 0.933 bits per heavy atom. The quantitative estimate of drug-likeness (QED) is 0.699. The molecule has 6 nitrogen and oxygen atoms in total. The third-order valence-electron chi connectivity index (χ3n) is 6.06. The molecular formula is C24H23N3O3. The van der Waals surface area contributed by atoms with E-state index in [-0.39, 0.29) is 29.9 Å². The van der Waals surface area contributed by atoms with Gasteiger partial charge in [0, 0.05) is 5.92 Å². The van der Waals surface area contributed by atoms with Gasteiger partial charge in [-0.3, -0.25) is 15.4 Å². The first-order valence-corrected chi connectivity index (χ1v) is 10.2. The third kappa shape index (κ3) is 3.39. The zero-order chi connectivity index (χ0) is 20.5. The SMILES string of the molecule is O=C1NC(=O)N(Cc2ccco2)C2NCCC(c3ccc(-c4ccccc4)cc3)C12. The van der Waals surface area contributed by atoms with Crippen LogP contribution in [-0.4, -0.2) is 29.5 Å². The smallest absolute Gasteiger partial charge is 0.325 e. The molecule has 2 N–H and O–H groups in total. The van der Waals surface area contributed by atoms with Crippen LogP contribution in [0.25, 0.3) is 11.1 Å². The van der Waals surface area contributed by atoms with Crippen molar-refractivity contribution in [1.29, 1.82) is 0 Å². The Kier molecular flexibility index (Phi) is 4.85. The predicted molar refractivity (Wildman–Crippen MR) is 112 cm³/mol. The monoisotopic (exact) mass is 401 g/mol. The Morgan fingerprint density at radius 3 is 2.43 bits per heavy atom. The van der Waals surface area contributed by atoms with E-state index < -0.39 is 0 Å². The molecule has 3 heterocycles. The maximum atomic E-state index is 12.8. The van der Waals surface area contributed by atoms with Gasteiger partial charge in [0.1, 0.15) is 5.76 Å². The minimum atomic E-state index is -0.384. The maximum Gasteiger partial charge on any atom is 0.325 e. The largest absolute Gasteiger partial charge is 0.467 e. The number of rotatable bonds is 4. The molecule has 1 aromatic heterocycles. The van der Waals surface area contributed by atoms with Crippen molar-refractivity contribution in [1.82, 2.24) is 15.5 Å². The van der Waals surface area contributed by atoms with Gasteiger partial charge in [0.05, 0.1) is 24.9 Å². The van der Waals surface area contributed by atoms with Gasteiger partial charge in [-0.05, 0) is 41.8 Å². The average molecular weight is 401 g/mol. The lowest BCUT2D eigenvalue weighted by Gasteiger charge is -2.46. The number of furan rings is 1. The number of imide groups is 1. The van der Waals surface area contributed by atoms with Crippen LogP contribution >= 0.6 is 0 Å². The molecule has 2 aliphatic heterocycles. The van der Waals surface area contributed by atoms with E-state index in [0.29, 0.717) is 12.3 Å². The Morgan fingerprint density at radius 2 is 1.70 bits per heavy atom. The number of benzene rings is 2. The second-order valence-corrected chi connectivity index (χ2v) is 7.81. The molecule has 30 heavy (non-hydrogen) atoms. The number of carbonyl (C=O) groups is 2.